The van der Waals surface area contributed by atoms with Gasteiger partial charge in [-0.1, -0.05) is 12.5 Å². The van der Waals surface area contributed by atoms with Crippen molar-refractivity contribution in [2.75, 3.05) is 0 Å². The molecule has 1 radical (unpaired) electrons. The topological polar surface area (TPSA) is 17.8 Å². The van der Waals surface area contributed by atoms with E-state index in [1.165, 1.54) is 23.2 Å². The van der Waals surface area contributed by atoms with Crippen LogP contribution in [0.2, 0.25) is 0 Å². The van der Waals surface area contributed by atoms with Crippen molar-refractivity contribution in [1.29, 1.82) is 0 Å². The fraction of sp³-hybridized carbons (Fsp3) is 0.286. The van der Waals surface area contributed by atoms with E-state index < -0.39 is 0 Å². The van der Waals surface area contributed by atoms with Gasteiger partial charge in [-0.3, -0.25) is 0 Å². The van der Waals surface area contributed by atoms with Crippen LogP contribution in [0, 0.1) is 13.3 Å². The molecule has 0 fully saturated rings. The standard InChI is InChI=1S/C14H15N2.Y/c1-11-9-15-10-16(11)14-8-4-6-12-5-2-3-7-13(12)14;/h2-3,5-7,9-10,14H,4,8H2,1H3;/q-1;. The molecule has 1 aromatic carbocycles. The Hall–Kier alpha value is -0.596. The molecule has 2 aromatic rings. The maximum absolute atomic E-state index is 4.22. The van der Waals surface area contributed by atoms with Crippen LogP contribution in [0.1, 0.15) is 35.7 Å². The largest absolute Gasteiger partial charge is 0.339 e. The Kier molecular flexibility index (Phi) is 4.06. The third-order valence-electron chi connectivity index (χ3n) is 3.35. The molecule has 0 saturated heterocycles. The molecule has 1 aromatic heterocycles. The van der Waals surface area contributed by atoms with Crippen LogP contribution >= 0.6 is 0 Å². The molecule has 0 saturated carbocycles. The summed E-state index contributed by atoms with van der Waals surface area (Å²) in [6, 6.07) is 9.13. The molecule has 0 spiro atoms. The second-order valence-corrected chi connectivity index (χ2v) is 4.37. The molecule has 1 heterocycles. The number of nitrogens with zero attached hydrogens (tertiary/aromatic N) is 2. The van der Waals surface area contributed by atoms with Gasteiger partial charge in [0, 0.05) is 50.6 Å². The average Bonchev–Trinajstić information content (AvgIpc) is 2.75. The number of fused-ring (bicyclic) bond motifs is 1. The van der Waals surface area contributed by atoms with E-state index in [2.05, 4.69) is 47.2 Å². The average molecular weight is 300 g/mol. The predicted molar refractivity (Wildman–Crippen MR) is 64.2 cm³/mol. The summed E-state index contributed by atoms with van der Waals surface area (Å²) in [4.78, 5) is 4.22. The van der Waals surface area contributed by atoms with Crippen molar-refractivity contribution in [1.82, 2.24) is 9.55 Å². The molecule has 0 bridgehead atoms. The zero-order valence-corrected chi connectivity index (χ0v) is 12.8. The van der Waals surface area contributed by atoms with Gasteiger partial charge in [0.2, 0.25) is 0 Å². The van der Waals surface area contributed by atoms with E-state index in [0.717, 1.165) is 6.42 Å². The number of aryl methyl sites for hydroxylation is 1. The Morgan fingerprint density at radius 1 is 1.35 bits per heavy atom. The van der Waals surface area contributed by atoms with Gasteiger partial charge < -0.3 is 4.57 Å². The molecule has 1 unspecified atom stereocenters. The van der Waals surface area contributed by atoms with Crippen LogP contribution in [0.15, 0.2) is 36.8 Å². The zero-order valence-electron chi connectivity index (χ0n) is 10.0. The van der Waals surface area contributed by atoms with E-state index in [1.54, 1.807) is 0 Å². The van der Waals surface area contributed by atoms with E-state index in [-0.39, 0.29) is 32.7 Å². The van der Waals surface area contributed by atoms with Crippen LogP contribution in [0.5, 0.6) is 0 Å². The summed E-state index contributed by atoms with van der Waals surface area (Å²) in [5, 5.41) is 0. The molecule has 1 aliphatic carbocycles. The van der Waals surface area contributed by atoms with E-state index >= 15 is 0 Å². The maximum atomic E-state index is 4.22. The summed E-state index contributed by atoms with van der Waals surface area (Å²) in [5.74, 6) is 0. The van der Waals surface area contributed by atoms with Crippen LogP contribution in [-0.4, -0.2) is 9.55 Å². The first kappa shape index (κ1) is 12.9. The molecule has 0 aliphatic heterocycles. The normalized spacial score (nSPS) is 17.8. The molecule has 85 valence electrons. The number of aromatic nitrogens is 2. The molecule has 0 N–H and O–H groups in total. The van der Waals surface area contributed by atoms with Crippen molar-refractivity contribution < 1.29 is 32.7 Å². The zero-order chi connectivity index (χ0) is 11.0. The van der Waals surface area contributed by atoms with Crippen molar-refractivity contribution in [3.05, 3.63) is 60.0 Å². The molecular weight excluding hydrogens is 285 g/mol. The summed E-state index contributed by atoms with van der Waals surface area (Å²) in [6.07, 6.45) is 8.54. The first-order chi connectivity index (χ1) is 7.86. The second-order valence-electron chi connectivity index (χ2n) is 4.37. The minimum atomic E-state index is 0. The van der Waals surface area contributed by atoms with Crippen LogP contribution in [0.25, 0.3) is 0 Å². The van der Waals surface area contributed by atoms with Crippen molar-refractivity contribution in [2.45, 2.75) is 25.8 Å². The number of rotatable bonds is 1. The van der Waals surface area contributed by atoms with Crippen molar-refractivity contribution in [3.63, 3.8) is 0 Å². The SMILES string of the molecule is Cc1cncn1C1CC[CH-]c2ccccc21.[Y]. The van der Waals surface area contributed by atoms with Gasteiger partial charge in [0.1, 0.15) is 0 Å². The Morgan fingerprint density at radius 3 is 2.94 bits per heavy atom. The van der Waals surface area contributed by atoms with Gasteiger partial charge in [-0.2, -0.15) is 18.1 Å². The third-order valence-corrected chi connectivity index (χ3v) is 3.35. The molecule has 17 heavy (non-hydrogen) atoms. The second kappa shape index (κ2) is 5.37. The molecule has 0 amide bonds. The molecule has 3 rings (SSSR count). The summed E-state index contributed by atoms with van der Waals surface area (Å²) >= 11 is 0. The van der Waals surface area contributed by atoms with E-state index in [1.807, 2.05) is 12.5 Å². The Morgan fingerprint density at radius 2 is 2.18 bits per heavy atom. The minimum absolute atomic E-state index is 0. The number of hydrogen-bond acceptors (Lipinski definition) is 1. The number of imidazole rings is 1. The van der Waals surface area contributed by atoms with E-state index in [4.69, 9.17) is 0 Å². The van der Waals surface area contributed by atoms with Crippen LogP contribution in [0.4, 0.5) is 0 Å². The summed E-state index contributed by atoms with van der Waals surface area (Å²) < 4.78 is 2.28. The number of benzene rings is 1. The third kappa shape index (κ3) is 2.34. The predicted octanol–water partition coefficient (Wildman–Crippen LogP) is 3.12. The van der Waals surface area contributed by atoms with Gasteiger partial charge in [-0.15, -0.1) is 17.7 Å². The molecule has 2 nitrogen and oxygen atoms in total. The monoisotopic (exact) mass is 300 g/mol. The van der Waals surface area contributed by atoms with E-state index in [9.17, 15) is 0 Å². The molecular formula is C14H15N2Y-. The smallest absolute Gasteiger partial charge is 0.0944 e. The first-order valence-corrected chi connectivity index (χ1v) is 5.77. The van der Waals surface area contributed by atoms with Gasteiger partial charge in [0.05, 0.1) is 6.33 Å². The van der Waals surface area contributed by atoms with Gasteiger partial charge in [-0.05, 0) is 13.3 Å². The molecule has 1 atom stereocenters. The minimum Gasteiger partial charge on any atom is -0.339 e. The van der Waals surface area contributed by atoms with Crippen LogP contribution in [-0.2, 0) is 32.7 Å². The van der Waals surface area contributed by atoms with Gasteiger partial charge in [0.25, 0.3) is 0 Å². The van der Waals surface area contributed by atoms with Gasteiger partial charge >= 0.3 is 0 Å². The first-order valence-electron chi connectivity index (χ1n) is 5.77. The fourth-order valence-corrected chi connectivity index (χ4v) is 2.54. The fourth-order valence-electron chi connectivity index (χ4n) is 2.54. The van der Waals surface area contributed by atoms with Gasteiger partial charge in [0.15, 0.2) is 0 Å². The van der Waals surface area contributed by atoms with Crippen LogP contribution in [0.3, 0.4) is 0 Å². The molecule has 1 aliphatic rings. The summed E-state index contributed by atoms with van der Waals surface area (Å²) in [5.41, 5.74) is 4.04. The van der Waals surface area contributed by atoms with Crippen molar-refractivity contribution >= 4 is 0 Å². The Balaban J connectivity index is 0.00000108. The summed E-state index contributed by atoms with van der Waals surface area (Å²) in [7, 11) is 0. The van der Waals surface area contributed by atoms with Crippen molar-refractivity contribution in [2.24, 2.45) is 0 Å². The van der Waals surface area contributed by atoms with Gasteiger partial charge in [-0.25, -0.2) is 4.98 Å². The van der Waals surface area contributed by atoms with E-state index in [0.29, 0.717) is 6.04 Å². The Bertz CT molecular complexity index is 504. The molecule has 3 heteroatoms. The quantitative estimate of drug-likeness (QED) is 0.740. The van der Waals surface area contributed by atoms with Crippen molar-refractivity contribution in [3.8, 4) is 0 Å². The van der Waals surface area contributed by atoms with Crippen LogP contribution < -0.4 is 0 Å². The maximum Gasteiger partial charge on any atom is 0.0944 e. The Labute approximate surface area is 127 Å². The number of hydrogen-bond donors (Lipinski definition) is 0. The summed E-state index contributed by atoms with van der Waals surface area (Å²) in [6.45, 7) is 2.12.